The van der Waals surface area contributed by atoms with Crippen LogP contribution in [0.15, 0.2) is 48.9 Å². The summed E-state index contributed by atoms with van der Waals surface area (Å²) in [6.07, 6.45) is 2.72. The van der Waals surface area contributed by atoms with Crippen molar-refractivity contribution in [3.63, 3.8) is 0 Å². The predicted octanol–water partition coefficient (Wildman–Crippen LogP) is 1.03. The smallest absolute Gasteiger partial charge is 0.333 e. The van der Waals surface area contributed by atoms with E-state index < -0.39 is 22.3 Å². The summed E-state index contributed by atoms with van der Waals surface area (Å²) < 4.78 is 28.5. The van der Waals surface area contributed by atoms with E-state index in [1.807, 2.05) is 37.3 Å². The van der Waals surface area contributed by atoms with Crippen LogP contribution in [0.4, 0.5) is 5.82 Å². The molecule has 0 radical (unpaired) electrons. The number of anilines is 1. The first kappa shape index (κ1) is 24.0. The Labute approximate surface area is 197 Å². The number of aromatic nitrogens is 4. The number of carbonyl (C=O) groups excluding carboxylic acids is 1. The molecule has 2 heterocycles. The molecule has 180 valence electrons. The Morgan fingerprint density at radius 2 is 2.06 bits per heavy atom. The maximum atomic E-state index is 13.3. The third-order valence-electron chi connectivity index (χ3n) is 5.79. The van der Waals surface area contributed by atoms with Crippen LogP contribution in [0.2, 0.25) is 0 Å². The van der Waals surface area contributed by atoms with Crippen LogP contribution in [0.25, 0.3) is 0 Å². The number of carbonyl (C=O) groups is 1. The van der Waals surface area contributed by atoms with Crippen LogP contribution in [0, 0.1) is 12.8 Å². The Balaban J connectivity index is 1.47. The van der Waals surface area contributed by atoms with Gasteiger partial charge in [0.05, 0.1) is 24.8 Å². The molecule has 0 aliphatic heterocycles. The highest BCUT2D eigenvalue weighted by molar-refractivity contribution is 7.84. The van der Waals surface area contributed by atoms with Gasteiger partial charge in [0.2, 0.25) is 5.78 Å². The first-order valence-electron chi connectivity index (χ1n) is 10.7. The fraction of sp³-hybridized carbons (Fsp3) is 0.364. The summed E-state index contributed by atoms with van der Waals surface area (Å²) in [6, 6.07) is 11.3. The zero-order chi connectivity index (χ0) is 24.3. The summed E-state index contributed by atoms with van der Waals surface area (Å²) in [7, 11) is -4.09. The second kappa shape index (κ2) is 9.97. The SMILES string of the molecule is Cc1cc(C(=O)c2cncnc2N[C@@H]2C[C@H](COS(N)(=O)=O)[C@@H](O)C2)nn1Cc1ccccc1. The van der Waals surface area contributed by atoms with Crippen molar-refractivity contribution in [1.29, 1.82) is 0 Å². The molecule has 1 fully saturated rings. The summed E-state index contributed by atoms with van der Waals surface area (Å²) in [5, 5.41) is 22.8. The lowest BCUT2D eigenvalue weighted by atomic mass is 10.1. The van der Waals surface area contributed by atoms with Crippen LogP contribution in [0.5, 0.6) is 0 Å². The molecule has 1 aromatic carbocycles. The largest absolute Gasteiger partial charge is 0.393 e. The number of hydrogen-bond acceptors (Lipinski definition) is 9. The number of nitrogens with two attached hydrogens (primary N) is 1. The van der Waals surface area contributed by atoms with E-state index in [4.69, 9.17) is 5.14 Å². The van der Waals surface area contributed by atoms with Crippen LogP contribution in [0.3, 0.4) is 0 Å². The van der Waals surface area contributed by atoms with E-state index in [9.17, 15) is 18.3 Å². The molecule has 3 atom stereocenters. The highest BCUT2D eigenvalue weighted by atomic mass is 32.2. The zero-order valence-electron chi connectivity index (χ0n) is 18.5. The average molecular weight is 487 g/mol. The van der Waals surface area contributed by atoms with Gasteiger partial charge in [-0.3, -0.25) is 13.7 Å². The highest BCUT2D eigenvalue weighted by Crippen LogP contribution is 2.30. The third-order valence-corrected chi connectivity index (χ3v) is 6.26. The number of aryl methyl sites for hydroxylation is 1. The number of ketones is 1. The molecular formula is C22H26N6O5S. The van der Waals surface area contributed by atoms with Gasteiger partial charge >= 0.3 is 10.3 Å². The number of hydrogen-bond donors (Lipinski definition) is 3. The van der Waals surface area contributed by atoms with Gasteiger partial charge in [-0.25, -0.2) is 15.1 Å². The van der Waals surface area contributed by atoms with Gasteiger partial charge in [-0.05, 0) is 31.4 Å². The lowest BCUT2D eigenvalue weighted by Crippen LogP contribution is -2.24. The maximum absolute atomic E-state index is 13.3. The minimum Gasteiger partial charge on any atom is -0.393 e. The van der Waals surface area contributed by atoms with Crippen molar-refractivity contribution in [2.24, 2.45) is 11.1 Å². The van der Waals surface area contributed by atoms with Crippen LogP contribution < -0.4 is 10.5 Å². The van der Waals surface area contributed by atoms with Gasteiger partial charge in [-0.1, -0.05) is 30.3 Å². The van der Waals surface area contributed by atoms with Crippen LogP contribution in [0.1, 0.15) is 40.2 Å². The molecule has 0 saturated heterocycles. The quantitative estimate of drug-likeness (QED) is 0.375. The van der Waals surface area contributed by atoms with Crippen molar-refractivity contribution < 1.29 is 22.5 Å². The molecule has 4 N–H and O–H groups in total. The summed E-state index contributed by atoms with van der Waals surface area (Å²) in [5.41, 5.74) is 2.44. The van der Waals surface area contributed by atoms with Gasteiger partial charge in [-0.2, -0.15) is 13.5 Å². The van der Waals surface area contributed by atoms with E-state index >= 15 is 0 Å². The van der Waals surface area contributed by atoms with Crippen molar-refractivity contribution in [1.82, 2.24) is 19.7 Å². The molecule has 12 heteroatoms. The van der Waals surface area contributed by atoms with Crippen LogP contribution in [-0.4, -0.2) is 57.8 Å². The standard InChI is InChI=1S/C22H26N6O5S/c1-14-7-19(27-28(14)11-15-5-3-2-4-6-15)21(30)18-10-24-13-25-22(18)26-17-8-16(20(29)9-17)12-33-34(23,31)32/h2-7,10,13,16-17,20,29H,8-9,11-12H2,1H3,(H2,23,31,32)(H,24,25,26)/t16-,17-,20+/m1/s1. The summed E-state index contributed by atoms with van der Waals surface area (Å²) in [5.74, 6) is -0.431. The Bertz CT molecular complexity index is 1260. The number of aliphatic hydroxyl groups is 1. The van der Waals surface area contributed by atoms with E-state index in [2.05, 4.69) is 24.6 Å². The molecule has 0 bridgehead atoms. The van der Waals surface area contributed by atoms with E-state index in [0.717, 1.165) is 11.3 Å². The number of rotatable bonds is 9. The van der Waals surface area contributed by atoms with E-state index in [-0.39, 0.29) is 29.7 Å². The molecule has 11 nitrogen and oxygen atoms in total. The van der Waals surface area contributed by atoms with Gasteiger partial charge in [0.15, 0.2) is 0 Å². The average Bonchev–Trinajstić information content (AvgIpc) is 3.34. The molecule has 1 aliphatic rings. The van der Waals surface area contributed by atoms with Gasteiger partial charge < -0.3 is 10.4 Å². The number of aliphatic hydroxyl groups excluding tert-OH is 1. The molecule has 0 spiro atoms. The predicted molar refractivity (Wildman–Crippen MR) is 123 cm³/mol. The molecule has 2 aromatic heterocycles. The first-order chi connectivity index (χ1) is 16.2. The van der Waals surface area contributed by atoms with Crippen molar-refractivity contribution in [2.75, 3.05) is 11.9 Å². The molecule has 4 rings (SSSR count). The Hall–Kier alpha value is -3.19. The highest BCUT2D eigenvalue weighted by Gasteiger charge is 2.35. The number of nitrogens with zero attached hydrogens (tertiary/aromatic N) is 4. The lowest BCUT2D eigenvalue weighted by molar-refractivity contribution is 0.101. The molecule has 0 amide bonds. The van der Waals surface area contributed by atoms with Gasteiger partial charge in [0.25, 0.3) is 0 Å². The second-order valence-electron chi connectivity index (χ2n) is 8.35. The van der Waals surface area contributed by atoms with Crippen molar-refractivity contribution in [2.45, 2.75) is 38.5 Å². The van der Waals surface area contributed by atoms with Gasteiger partial charge in [-0.15, -0.1) is 0 Å². The Morgan fingerprint density at radius 3 is 2.79 bits per heavy atom. The molecular weight excluding hydrogens is 460 g/mol. The van der Waals surface area contributed by atoms with E-state index in [0.29, 0.717) is 25.2 Å². The minimum atomic E-state index is -4.09. The van der Waals surface area contributed by atoms with Gasteiger partial charge in [0.1, 0.15) is 17.8 Å². The van der Waals surface area contributed by atoms with Crippen LogP contribution >= 0.6 is 0 Å². The fourth-order valence-electron chi connectivity index (χ4n) is 4.06. The second-order valence-corrected chi connectivity index (χ2v) is 9.57. The van der Waals surface area contributed by atoms with Crippen LogP contribution in [-0.2, 0) is 21.0 Å². The minimum absolute atomic E-state index is 0.216. The van der Waals surface area contributed by atoms with Crippen molar-refractivity contribution in [3.05, 3.63) is 71.4 Å². The normalized spacial score (nSPS) is 20.4. The summed E-state index contributed by atoms with van der Waals surface area (Å²) >= 11 is 0. The lowest BCUT2D eigenvalue weighted by Gasteiger charge is -2.15. The van der Waals surface area contributed by atoms with Crippen molar-refractivity contribution >= 4 is 21.9 Å². The number of nitrogens with one attached hydrogen (secondary N) is 1. The molecule has 0 unspecified atom stereocenters. The molecule has 1 saturated carbocycles. The Kier molecular flexibility index (Phi) is 7.03. The zero-order valence-corrected chi connectivity index (χ0v) is 19.4. The molecule has 1 aliphatic carbocycles. The maximum Gasteiger partial charge on any atom is 0.333 e. The third kappa shape index (κ3) is 5.83. The number of benzene rings is 1. The molecule has 34 heavy (non-hydrogen) atoms. The molecule has 3 aromatic rings. The van der Waals surface area contributed by atoms with E-state index in [1.54, 1.807) is 10.7 Å². The fourth-order valence-corrected chi connectivity index (χ4v) is 4.43. The van der Waals surface area contributed by atoms with Gasteiger partial charge in [0, 0.05) is 23.9 Å². The monoisotopic (exact) mass is 486 g/mol. The summed E-state index contributed by atoms with van der Waals surface area (Å²) in [6.45, 7) is 2.21. The van der Waals surface area contributed by atoms with Crippen molar-refractivity contribution in [3.8, 4) is 0 Å². The van der Waals surface area contributed by atoms with E-state index in [1.165, 1.54) is 12.5 Å². The first-order valence-corrected chi connectivity index (χ1v) is 12.2. The summed E-state index contributed by atoms with van der Waals surface area (Å²) in [4.78, 5) is 21.5. The topological polar surface area (TPSA) is 162 Å². The Morgan fingerprint density at radius 1 is 1.29 bits per heavy atom.